The summed E-state index contributed by atoms with van der Waals surface area (Å²) < 4.78 is 11.0. The fourth-order valence-electron chi connectivity index (χ4n) is 2.99. The van der Waals surface area contributed by atoms with Gasteiger partial charge in [0.25, 0.3) is 5.91 Å². The fourth-order valence-corrected chi connectivity index (χ4v) is 2.99. The lowest BCUT2D eigenvalue weighted by atomic mass is 10.1. The molecule has 0 spiro atoms. The summed E-state index contributed by atoms with van der Waals surface area (Å²) >= 11 is 0. The zero-order chi connectivity index (χ0) is 15.9. The Balaban J connectivity index is 1.79. The molecule has 1 unspecified atom stereocenters. The molecule has 1 saturated heterocycles. The molecule has 22 heavy (non-hydrogen) atoms. The highest BCUT2D eigenvalue weighted by Gasteiger charge is 2.33. The summed E-state index contributed by atoms with van der Waals surface area (Å²) in [7, 11) is 0. The second kappa shape index (κ2) is 5.61. The van der Waals surface area contributed by atoms with Gasteiger partial charge >= 0.3 is 5.97 Å². The first-order valence-corrected chi connectivity index (χ1v) is 7.41. The maximum atomic E-state index is 12.6. The first kappa shape index (κ1) is 14.8. The van der Waals surface area contributed by atoms with Crippen LogP contribution in [0.3, 0.4) is 0 Å². The van der Waals surface area contributed by atoms with Crippen LogP contribution in [0.4, 0.5) is 0 Å². The zero-order valence-electron chi connectivity index (χ0n) is 12.6. The molecule has 1 aromatic carbocycles. The molecule has 1 fully saturated rings. The molecule has 2 aliphatic heterocycles. The summed E-state index contributed by atoms with van der Waals surface area (Å²) in [4.78, 5) is 25.3. The third-order valence-electron chi connectivity index (χ3n) is 3.97. The van der Waals surface area contributed by atoms with Crippen LogP contribution < -0.4 is 4.74 Å². The quantitative estimate of drug-likeness (QED) is 0.892. The van der Waals surface area contributed by atoms with Crippen LogP contribution in [-0.2, 0) is 16.0 Å². The average Bonchev–Trinajstić information content (AvgIpc) is 2.84. The molecule has 2 aliphatic rings. The number of carboxylic acid groups (broad SMARTS) is 1. The predicted molar refractivity (Wildman–Crippen MR) is 78.1 cm³/mol. The third-order valence-corrected chi connectivity index (χ3v) is 3.97. The normalized spacial score (nSPS) is 27.2. The minimum absolute atomic E-state index is 0.0719. The van der Waals surface area contributed by atoms with Gasteiger partial charge in [0.05, 0.1) is 12.6 Å². The number of hydrogen-bond donors (Lipinski definition) is 1. The van der Waals surface area contributed by atoms with Gasteiger partial charge in [-0.05, 0) is 37.6 Å². The Morgan fingerprint density at radius 2 is 2.00 bits per heavy atom. The van der Waals surface area contributed by atoms with E-state index in [4.69, 9.17) is 14.6 Å². The molecule has 1 amide bonds. The van der Waals surface area contributed by atoms with Crippen LogP contribution >= 0.6 is 0 Å². The van der Waals surface area contributed by atoms with Crippen molar-refractivity contribution in [2.75, 3.05) is 13.1 Å². The van der Waals surface area contributed by atoms with Gasteiger partial charge in [-0.2, -0.15) is 0 Å². The fraction of sp³-hybridized carbons (Fsp3) is 0.500. The lowest BCUT2D eigenvalue weighted by Crippen LogP contribution is -2.51. The summed E-state index contributed by atoms with van der Waals surface area (Å²) in [6.45, 7) is 4.23. The molecular weight excluding hydrogens is 286 g/mol. The highest BCUT2D eigenvalue weighted by molar-refractivity contribution is 5.95. The van der Waals surface area contributed by atoms with Gasteiger partial charge in [0, 0.05) is 18.5 Å². The summed E-state index contributed by atoms with van der Waals surface area (Å²) in [6.07, 6.45) is -0.351. The Labute approximate surface area is 128 Å². The Morgan fingerprint density at radius 3 is 2.73 bits per heavy atom. The number of amides is 1. The van der Waals surface area contributed by atoms with Crippen molar-refractivity contribution in [2.24, 2.45) is 0 Å². The standard InChI is InChI=1S/C16H19NO5/c1-9-5-12-6-11(3-4-13(12)21-9)15(18)17-7-10(2)22-14(8-17)16(19)20/h3-4,6,9-10,14H,5,7-8H2,1-2H3,(H,19,20)/t9?,10-,14-/m1/s1. The van der Waals surface area contributed by atoms with E-state index in [1.54, 1.807) is 17.9 Å². The molecule has 1 aromatic rings. The van der Waals surface area contributed by atoms with Crippen LogP contribution in [0, 0.1) is 0 Å². The average molecular weight is 305 g/mol. The van der Waals surface area contributed by atoms with Gasteiger partial charge in [-0.15, -0.1) is 0 Å². The molecule has 0 aliphatic carbocycles. The van der Waals surface area contributed by atoms with E-state index < -0.39 is 12.1 Å². The van der Waals surface area contributed by atoms with Gasteiger partial charge in [-0.1, -0.05) is 0 Å². The number of morpholine rings is 1. The van der Waals surface area contributed by atoms with E-state index in [1.807, 2.05) is 19.1 Å². The smallest absolute Gasteiger partial charge is 0.334 e. The number of hydrogen-bond acceptors (Lipinski definition) is 4. The number of nitrogens with zero attached hydrogens (tertiary/aromatic N) is 1. The minimum atomic E-state index is -1.04. The van der Waals surface area contributed by atoms with E-state index in [9.17, 15) is 9.59 Å². The van der Waals surface area contributed by atoms with E-state index in [2.05, 4.69) is 0 Å². The van der Waals surface area contributed by atoms with Crippen molar-refractivity contribution >= 4 is 11.9 Å². The van der Waals surface area contributed by atoms with Gasteiger partial charge in [0.1, 0.15) is 11.9 Å². The number of carboxylic acids is 1. The number of carbonyl (C=O) groups is 2. The number of rotatable bonds is 2. The highest BCUT2D eigenvalue weighted by Crippen LogP contribution is 2.30. The second-order valence-electron chi connectivity index (χ2n) is 5.94. The third kappa shape index (κ3) is 2.78. The van der Waals surface area contributed by atoms with E-state index in [0.717, 1.165) is 17.7 Å². The summed E-state index contributed by atoms with van der Waals surface area (Å²) in [5.41, 5.74) is 1.59. The Morgan fingerprint density at radius 1 is 1.23 bits per heavy atom. The van der Waals surface area contributed by atoms with Crippen LogP contribution in [0.5, 0.6) is 5.75 Å². The molecule has 0 saturated carbocycles. The Kier molecular flexibility index (Phi) is 3.78. The van der Waals surface area contributed by atoms with Crippen LogP contribution in [0.2, 0.25) is 0 Å². The van der Waals surface area contributed by atoms with E-state index in [0.29, 0.717) is 12.1 Å². The zero-order valence-corrected chi connectivity index (χ0v) is 12.6. The van der Waals surface area contributed by atoms with Crippen molar-refractivity contribution in [3.8, 4) is 5.75 Å². The van der Waals surface area contributed by atoms with Crippen LogP contribution in [-0.4, -0.2) is 53.3 Å². The second-order valence-corrected chi connectivity index (χ2v) is 5.94. The summed E-state index contributed by atoms with van der Waals surface area (Å²) in [5.74, 6) is -0.382. The molecule has 0 radical (unpaired) electrons. The van der Waals surface area contributed by atoms with Gasteiger partial charge in [-0.25, -0.2) is 4.79 Å². The predicted octanol–water partition coefficient (Wildman–Crippen LogP) is 1.32. The molecule has 3 atom stereocenters. The molecule has 1 N–H and O–H groups in total. The first-order chi connectivity index (χ1) is 10.4. The Hall–Kier alpha value is -2.08. The van der Waals surface area contributed by atoms with Gasteiger partial charge in [-0.3, -0.25) is 4.79 Å². The molecule has 3 rings (SSSR count). The van der Waals surface area contributed by atoms with E-state index in [1.165, 1.54) is 0 Å². The van der Waals surface area contributed by atoms with Crippen molar-refractivity contribution in [1.82, 2.24) is 4.90 Å². The molecule has 2 heterocycles. The lowest BCUT2D eigenvalue weighted by molar-refractivity contribution is -0.160. The van der Waals surface area contributed by atoms with Crippen molar-refractivity contribution in [2.45, 2.75) is 38.6 Å². The van der Waals surface area contributed by atoms with E-state index >= 15 is 0 Å². The molecule has 118 valence electrons. The maximum Gasteiger partial charge on any atom is 0.334 e. The molecule has 0 aromatic heterocycles. The van der Waals surface area contributed by atoms with Gasteiger partial charge in [0.2, 0.25) is 0 Å². The minimum Gasteiger partial charge on any atom is -0.490 e. The lowest BCUT2D eigenvalue weighted by Gasteiger charge is -2.35. The largest absolute Gasteiger partial charge is 0.490 e. The number of aliphatic carboxylic acids is 1. The van der Waals surface area contributed by atoms with Crippen LogP contribution in [0.25, 0.3) is 0 Å². The monoisotopic (exact) mass is 305 g/mol. The molecule has 6 nitrogen and oxygen atoms in total. The van der Waals surface area contributed by atoms with Crippen LogP contribution in [0.15, 0.2) is 18.2 Å². The maximum absolute atomic E-state index is 12.6. The van der Waals surface area contributed by atoms with Gasteiger partial charge < -0.3 is 19.5 Å². The van der Waals surface area contributed by atoms with Crippen LogP contribution in [0.1, 0.15) is 29.8 Å². The van der Waals surface area contributed by atoms with Crippen molar-refractivity contribution in [3.05, 3.63) is 29.3 Å². The van der Waals surface area contributed by atoms with Crippen molar-refractivity contribution in [3.63, 3.8) is 0 Å². The Bertz CT molecular complexity index is 615. The van der Waals surface area contributed by atoms with E-state index in [-0.39, 0.29) is 24.7 Å². The summed E-state index contributed by atoms with van der Waals surface area (Å²) in [6, 6.07) is 5.39. The number of carbonyl (C=O) groups excluding carboxylic acids is 1. The number of fused-ring (bicyclic) bond motifs is 1. The first-order valence-electron chi connectivity index (χ1n) is 7.41. The topological polar surface area (TPSA) is 76.1 Å². The van der Waals surface area contributed by atoms with Crippen molar-refractivity contribution < 1.29 is 24.2 Å². The SMILES string of the molecule is CC1Cc2cc(C(=O)N3C[C@@H](C)O[C@@H](C(=O)O)C3)ccc2O1. The summed E-state index contributed by atoms with van der Waals surface area (Å²) in [5, 5.41) is 9.10. The van der Waals surface area contributed by atoms with Gasteiger partial charge in [0.15, 0.2) is 6.10 Å². The van der Waals surface area contributed by atoms with Crippen molar-refractivity contribution in [1.29, 1.82) is 0 Å². The number of ether oxygens (including phenoxy) is 2. The molecule has 0 bridgehead atoms. The number of benzene rings is 1. The highest BCUT2D eigenvalue weighted by atomic mass is 16.5. The molecule has 6 heteroatoms. The molecular formula is C16H19NO5.